The summed E-state index contributed by atoms with van der Waals surface area (Å²) in [7, 11) is 0. The number of carbonyl (C=O) groups excluding carboxylic acids is 3. The lowest BCUT2D eigenvalue weighted by Gasteiger charge is -2.45. The Morgan fingerprint density at radius 1 is 1.10 bits per heavy atom. The van der Waals surface area contributed by atoms with Gasteiger partial charge in [0.05, 0.1) is 23.6 Å². The largest absolute Gasteiger partial charge is 0.436 e. The van der Waals surface area contributed by atoms with E-state index in [-0.39, 0.29) is 48.8 Å². The number of amides is 3. The SMILES string of the molecule is N#CCC1(n2cc(C(N)=O)c(NC(=O)C3CC3)n2)CCN(C2CCN(C(=O)c3ccnc(C(F)(F)F)c3F)CC2)CC1. The number of alkyl halides is 3. The maximum absolute atomic E-state index is 14.5. The molecule has 224 valence electrons. The predicted octanol–water partition coefficient (Wildman–Crippen LogP) is 2.89. The van der Waals surface area contributed by atoms with Gasteiger partial charge in [-0.1, -0.05) is 0 Å². The van der Waals surface area contributed by atoms with E-state index in [0.29, 0.717) is 38.8 Å². The molecule has 2 saturated heterocycles. The first kappa shape index (κ1) is 29.4. The highest BCUT2D eigenvalue weighted by Gasteiger charge is 2.42. The van der Waals surface area contributed by atoms with E-state index in [1.807, 2.05) is 0 Å². The summed E-state index contributed by atoms with van der Waals surface area (Å²) >= 11 is 0. The van der Waals surface area contributed by atoms with Crippen LogP contribution >= 0.6 is 0 Å². The van der Waals surface area contributed by atoms with Crippen LogP contribution in [-0.2, 0) is 16.5 Å². The van der Waals surface area contributed by atoms with Crippen LogP contribution in [0.25, 0.3) is 0 Å². The first-order chi connectivity index (χ1) is 19.9. The molecular weight excluding hydrogens is 560 g/mol. The fourth-order valence-corrected chi connectivity index (χ4v) is 5.80. The van der Waals surface area contributed by atoms with Gasteiger partial charge in [0.1, 0.15) is 5.56 Å². The first-order valence-electron chi connectivity index (χ1n) is 13.8. The molecule has 0 aromatic carbocycles. The van der Waals surface area contributed by atoms with Gasteiger partial charge in [0.25, 0.3) is 11.8 Å². The number of nitrogens with zero attached hydrogens (tertiary/aromatic N) is 6. The molecule has 3 amide bonds. The lowest BCUT2D eigenvalue weighted by molar-refractivity contribution is -0.143. The molecule has 1 saturated carbocycles. The van der Waals surface area contributed by atoms with Crippen molar-refractivity contribution in [1.82, 2.24) is 24.6 Å². The summed E-state index contributed by atoms with van der Waals surface area (Å²) in [5.74, 6) is -3.45. The van der Waals surface area contributed by atoms with Gasteiger partial charge in [0.2, 0.25) is 5.91 Å². The maximum Gasteiger partial charge on any atom is 0.436 e. The van der Waals surface area contributed by atoms with E-state index in [9.17, 15) is 37.2 Å². The molecule has 2 aromatic heterocycles. The molecule has 3 N–H and O–H groups in total. The number of piperidine rings is 2. The molecule has 2 aromatic rings. The zero-order valence-electron chi connectivity index (χ0n) is 22.7. The van der Waals surface area contributed by atoms with E-state index in [2.05, 4.69) is 26.4 Å². The molecule has 3 aliphatic rings. The molecule has 3 fully saturated rings. The van der Waals surface area contributed by atoms with E-state index < -0.39 is 40.6 Å². The summed E-state index contributed by atoms with van der Waals surface area (Å²) in [6, 6.07) is 3.25. The molecule has 0 bridgehead atoms. The summed E-state index contributed by atoms with van der Waals surface area (Å²) in [5.41, 5.74) is 2.54. The number of nitrogens with two attached hydrogens (primary N) is 1. The van der Waals surface area contributed by atoms with Crippen LogP contribution in [0.5, 0.6) is 0 Å². The maximum atomic E-state index is 14.5. The second kappa shape index (κ2) is 11.3. The fourth-order valence-electron chi connectivity index (χ4n) is 5.80. The first-order valence-corrected chi connectivity index (χ1v) is 13.8. The van der Waals surface area contributed by atoms with Crippen molar-refractivity contribution in [3.63, 3.8) is 0 Å². The second-order valence-corrected chi connectivity index (χ2v) is 11.1. The van der Waals surface area contributed by atoms with E-state index in [4.69, 9.17) is 5.73 Å². The highest BCUT2D eigenvalue weighted by molar-refractivity contribution is 6.02. The van der Waals surface area contributed by atoms with Gasteiger partial charge >= 0.3 is 6.18 Å². The molecule has 42 heavy (non-hydrogen) atoms. The molecule has 0 atom stereocenters. The normalized spacial score (nSPS) is 19.7. The minimum absolute atomic E-state index is 0.0776. The third-order valence-electron chi connectivity index (χ3n) is 8.45. The van der Waals surface area contributed by atoms with Gasteiger partial charge in [-0.05, 0) is 44.6 Å². The van der Waals surface area contributed by atoms with Crippen molar-refractivity contribution in [2.24, 2.45) is 11.7 Å². The Bertz CT molecular complexity index is 1420. The molecule has 15 heteroatoms. The Kier molecular flexibility index (Phi) is 7.93. The third-order valence-corrected chi connectivity index (χ3v) is 8.45. The third kappa shape index (κ3) is 5.80. The Morgan fingerprint density at radius 2 is 1.76 bits per heavy atom. The number of carbonyl (C=O) groups is 3. The zero-order valence-corrected chi connectivity index (χ0v) is 22.7. The summed E-state index contributed by atoms with van der Waals surface area (Å²) in [6.07, 6.45) is 1.08. The van der Waals surface area contributed by atoms with Gasteiger partial charge < -0.3 is 20.9 Å². The molecule has 4 heterocycles. The monoisotopic (exact) mass is 590 g/mol. The number of halogens is 4. The van der Waals surface area contributed by atoms with E-state index in [1.165, 1.54) is 11.1 Å². The number of nitrogens with one attached hydrogen (secondary N) is 1. The number of anilines is 1. The number of hydrogen-bond donors (Lipinski definition) is 2. The van der Waals surface area contributed by atoms with Gasteiger partial charge in [-0.3, -0.25) is 19.1 Å². The minimum Gasteiger partial charge on any atom is -0.365 e. The zero-order chi connectivity index (χ0) is 30.2. The van der Waals surface area contributed by atoms with Crippen LogP contribution in [0.1, 0.15) is 71.4 Å². The van der Waals surface area contributed by atoms with Gasteiger partial charge in [0.15, 0.2) is 17.3 Å². The quantitative estimate of drug-likeness (QED) is 0.471. The molecule has 0 radical (unpaired) electrons. The summed E-state index contributed by atoms with van der Waals surface area (Å²) in [4.78, 5) is 43.9. The topological polar surface area (TPSA) is 150 Å². The van der Waals surface area contributed by atoms with Crippen molar-refractivity contribution in [3.8, 4) is 6.07 Å². The molecule has 2 aliphatic heterocycles. The molecular formula is C27H30F4N8O3. The minimum atomic E-state index is -5.01. The number of aromatic nitrogens is 3. The Labute approximate surface area is 238 Å². The van der Waals surface area contributed by atoms with Gasteiger partial charge in [0, 0.05) is 50.5 Å². The summed E-state index contributed by atoms with van der Waals surface area (Å²) in [5, 5.41) is 16.8. The molecule has 0 unspecified atom stereocenters. The van der Waals surface area contributed by atoms with Crippen LogP contribution in [0.3, 0.4) is 0 Å². The van der Waals surface area contributed by atoms with Crippen LogP contribution in [0.4, 0.5) is 23.4 Å². The molecule has 11 nitrogen and oxygen atoms in total. The van der Waals surface area contributed by atoms with Crippen molar-refractivity contribution in [1.29, 1.82) is 5.26 Å². The van der Waals surface area contributed by atoms with Gasteiger partial charge in [-0.15, -0.1) is 0 Å². The average molecular weight is 591 g/mol. The highest BCUT2D eigenvalue weighted by atomic mass is 19.4. The highest BCUT2D eigenvalue weighted by Crippen LogP contribution is 2.37. The van der Waals surface area contributed by atoms with Crippen molar-refractivity contribution < 1.29 is 31.9 Å². The van der Waals surface area contributed by atoms with Gasteiger partial charge in [-0.2, -0.15) is 23.5 Å². The number of nitriles is 1. The van der Waals surface area contributed by atoms with Crippen molar-refractivity contribution >= 4 is 23.5 Å². The summed E-state index contributed by atoms with van der Waals surface area (Å²) < 4.78 is 55.2. The lowest BCUT2D eigenvalue weighted by Crippen LogP contribution is -2.53. The standard InChI is InChI=1S/C27H30F4N8O3/c28-20-18(3-10-34-21(20)27(29,30)31)25(42)38-11-4-17(5-12-38)37-13-7-26(6-9-32,8-14-37)39-15-19(22(33)40)23(36-39)35-24(41)16-1-2-16/h3,10,15-17H,1-2,4-8,11-14H2,(H2,33,40)(H,35,36,41). The Balaban J connectivity index is 1.23. The molecule has 0 spiro atoms. The van der Waals surface area contributed by atoms with Crippen molar-refractivity contribution in [2.45, 2.75) is 62.7 Å². The van der Waals surface area contributed by atoms with Crippen molar-refractivity contribution in [3.05, 3.63) is 41.1 Å². The number of pyridine rings is 1. The van der Waals surface area contributed by atoms with E-state index in [0.717, 1.165) is 25.1 Å². The predicted molar refractivity (Wildman–Crippen MR) is 139 cm³/mol. The molecule has 1 aliphatic carbocycles. The number of primary amides is 1. The Morgan fingerprint density at radius 3 is 2.33 bits per heavy atom. The van der Waals surface area contributed by atoms with Crippen molar-refractivity contribution in [2.75, 3.05) is 31.5 Å². The average Bonchev–Trinajstić information content (AvgIpc) is 3.72. The second-order valence-electron chi connectivity index (χ2n) is 11.1. The van der Waals surface area contributed by atoms with Crippen LogP contribution in [0, 0.1) is 23.1 Å². The smallest absolute Gasteiger partial charge is 0.365 e. The van der Waals surface area contributed by atoms with E-state index >= 15 is 0 Å². The lowest BCUT2D eigenvalue weighted by atomic mass is 9.83. The van der Waals surface area contributed by atoms with E-state index in [1.54, 1.807) is 4.68 Å². The van der Waals surface area contributed by atoms with Crippen LogP contribution in [0.2, 0.25) is 0 Å². The van der Waals surface area contributed by atoms with Crippen LogP contribution < -0.4 is 11.1 Å². The number of hydrogen-bond acceptors (Lipinski definition) is 7. The number of likely N-dealkylation sites (tertiary alicyclic amines) is 2. The van der Waals surface area contributed by atoms with Gasteiger partial charge in [-0.25, -0.2) is 9.37 Å². The summed E-state index contributed by atoms with van der Waals surface area (Å²) in [6.45, 7) is 1.67. The number of rotatable bonds is 7. The Hall–Kier alpha value is -4.06. The van der Waals surface area contributed by atoms with Crippen LogP contribution in [-0.4, -0.2) is 74.5 Å². The molecule has 5 rings (SSSR count). The fraction of sp³-hybridized carbons (Fsp3) is 0.556. The van der Waals surface area contributed by atoms with Crippen LogP contribution in [0.15, 0.2) is 18.5 Å².